The van der Waals surface area contributed by atoms with Crippen molar-refractivity contribution in [1.82, 2.24) is 5.32 Å². The van der Waals surface area contributed by atoms with Crippen molar-refractivity contribution in [2.24, 2.45) is 0 Å². The number of benzene rings is 2. The van der Waals surface area contributed by atoms with Crippen LogP contribution >= 0.6 is 0 Å². The van der Waals surface area contributed by atoms with Gasteiger partial charge < -0.3 is 14.8 Å². The summed E-state index contributed by atoms with van der Waals surface area (Å²) in [5.41, 5.74) is 2.76. The van der Waals surface area contributed by atoms with Crippen molar-refractivity contribution < 1.29 is 14.3 Å². The lowest BCUT2D eigenvalue weighted by Crippen LogP contribution is -2.43. The van der Waals surface area contributed by atoms with Crippen LogP contribution in [0.3, 0.4) is 0 Å². The van der Waals surface area contributed by atoms with E-state index in [-0.39, 0.29) is 11.9 Å². The van der Waals surface area contributed by atoms with Crippen LogP contribution in [0.5, 0.6) is 11.5 Å². The minimum atomic E-state index is -0.546. The number of nitrogens with one attached hydrogen (secondary N) is 1. The standard InChI is InChI=1S/C22H27NO3/c1-16(15-25-20-10-4-3-5-11-20)23-22(24)17(2)26-21-13-12-18-8-6-7-9-19(18)14-21/h3-5,10-14,16-17H,6-9,15H2,1-2H3,(H,23,24)/t16-,17+/m1/s1. The SMILES string of the molecule is C[C@H](COc1ccccc1)NC(=O)[C@H](C)Oc1ccc2c(c1)CCCC2. The van der Waals surface area contributed by atoms with Crippen LogP contribution in [0, 0.1) is 0 Å². The molecule has 0 aliphatic heterocycles. The lowest BCUT2D eigenvalue weighted by Gasteiger charge is -2.21. The Morgan fingerprint density at radius 2 is 1.73 bits per heavy atom. The molecule has 0 aromatic heterocycles. The Morgan fingerprint density at radius 1 is 1.00 bits per heavy atom. The molecule has 1 aliphatic rings. The maximum absolute atomic E-state index is 12.4. The number of hydrogen-bond donors (Lipinski definition) is 1. The molecule has 0 heterocycles. The van der Waals surface area contributed by atoms with Gasteiger partial charge in [-0.15, -0.1) is 0 Å². The van der Waals surface area contributed by atoms with Crippen molar-refractivity contribution in [3.8, 4) is 11.5 Å². The zero-order chi connectivity index (χ0) is 18.4. The summed E-state index contributed by atoms with van der Waals surface area (Å²) in [5.74, 6) is 1.43. The van der Waals surface area contributed by atoms with Crippen LogP contribution in [0.25, 0.3) is 0 Å². The molecule has 1 amide bonds. The first-order valence-corrected chi connectivity index (χ1v) is 9.38. The lowest BCUT2D eigenvalue weighted by molar-refractivity contribution is -0.128. The molecule has 0 bridgehead atoms. The Kier molecular flexibility index (Phi) is 6.16. The number of rotatable bonds is 7. The monoisotopic (exact) mass is 353 g/mol. The van der Waals surface area contributed by atoms with Crippen LogP contribution in [0.1, 0.15) is 37.8 Å². The van der Waals surface area contributed by atoms with E-state index in [0.717, 1.165) is 24.3 Å². The van der Waals surface area contributed by atoms with Crippen LogP contribution in [-0.2, 0) is 17.6 Å². The maximum atomic E-state index is 12.4. The molecular formula is C22H27NO3. The predicted molar refractivity (Wildman–Crippen MR) is 103 cm³/mol. The fraction of sp³-hybridized carbons (Fsp3) is 0.409. The summed E-state index contributed by atoms with van der Waals surface area (Å²) < 4.78 is 11.5. The Bertz CT molecular complexity index is 729. The van der Waals surface area contributed by atoms with Crippen molar-refractivity contribution in [2.45, 2.75) is 51.7 Å². The summed E-state index contributed by atoms with van der Waals surface area (Å²) >= 11 is 0. The highest BCUT2D eigenvalue weighted by Crippen LogP contribution is 2.25. The van der Waals surface area contributed by atoms with Gasteiger partial charge in [0.15, 0.2) is 6.10 Å². The fourth-order valence-electron chi connectivity index (χ4n) is 3.18. The van der Waals surface area contributed by atoms with Crippen LogP contribution < -0.4 is 14.8 Å². The molecule has 0 radical (unpaired) electrons. The Balaban J connectivity index is 1.48. The number of hydrogen-bond acceptors (Lipinski definition) is 3. The summed E-state index contributed by atoms with van der Waals surface area (Å²) in [6.45, 7) is 4.12. The van der Waals surface area contributed by atoms with Gasteiger partial charge in [0.25, 0.3) is 5.91 Å². The van der Waals surface area contributed by atoms with Gasteiger partial charge in [-0.3, -0.25) is 4.79 Å². The van der Waals surface area contributed by atoms with E-state index in [0.29, 0.717) is 6.61 Å². The summed E-state index contributed by atoms with van der Waals surface area (Å²) in [7, 11) is 0. The first-order chi connectivity index (χ1) is 12.6. The quantitative estimate of drug-likeness (QED) is 0.821. The Hall–Kier alpha value is -2.49. The first kappa shape index (κ1) is 18.3. The molecule has 26 heavy (non-hydrogen) atoms. The lowest BCUT2D eigenvalue weighted by atomic mass is 9.92. The van der Waals surface area contributed by atoms with Gasteiger partial charge in [0, 0.05) is 0 Å². The minimum absolute atomic E-state index is 0.0997. The van der Waals surface area contributed by atoms with E-state index in [9.17, 15) is 4.79 Å². The third kappa shape index (κ3) is 5.01. The maximum Gasteiger partial charge on any atom is 0.261 e. The summed E-state index contributed by atoms with van der Waals surface area (Å²) in [6, 6.07) is 15.7. The van der Waals surface area contributed by atoms with E-state index < -0.39 is 6.10 Å². The van der Waals surface area contributed by atoms with Gasteiger partial charge in [-0.05, 0) is 74.9 Å². The van der Waals surface area contributed by atoms with Crippen LogP contribution in [0.4, 0.5) is 0 Å². The molecule has 4 heteroatoms. The molecule has 3 rings (SSSR count). The smallest absolute Gasteiger partial charge is 0.261 e. The van der Waals surface area contributed by atoms with Crippen molar-refractivity contribution in [3.05, 3.63) is 59.7 Å². The third-order valence-corrected chi connectivity index (χ3v) is 4.63. The van der Waals surface area contributed by atoms with Gasteiger partial charge in [-0.2, -0.15) is 0 Å². The summed E-state index contributed by atoms with van der Waals surface area (Å²) in [6.07, 6.45) is 4.18. The second-order valence-corrected chi connectivity index (χ2v) is 6.93. The number of aryl methyl sites for hydroxylation is 2. The second-order valence-electron chi connectivity index (χ2n) is 6.93. The average Bonchev–Trinajstić information content (AvgIpc) is 2.67. The highest BCUT2D eigenvalue weighted by molar-refractivity contribution is 5.81. The van der Waals surface area contributed by atoms with E-state index in [4.69, 9.17) is 9.47 Å². The molecule has 0 spiro atoms. The number of fused-ring (bicyclic) bond motifs is 1. The highest BCUT2D eigenvalue weighted by Gasteiger charge is 2.18. The topological polar surface area (TPSA) is 47.6 Å². The molecule has 0 saturated carbocycles. The predicted octanol–water partition coefficient (Wildman–Crippen LogP) is 3.92. The number of carbonyl (C=O) groups is 1. The van der Waals surface area contributed by atoms with Gasteiger partial charge in [-0.1, -0.05) is 24.3 Å². The van der Waals surface area contributed by atoms with E-state index in [1.165, 1.54) is 24.0 Å². The van der Waals surface area contributed by atoms with Crippen molar-refractivity contribution in [2.75, 3.05) is 6.61 Å². The highest BCUT2D eigenvalue weighted by atomic mass is 16.5. The van der Waals surface area contributed by atoms with E-state index in [2.05, 4.69) is 17.4 Å². The summed E-state index contributed by atoms with van der Waals surface area (Å²) in [5, 5.41) is 2.94. The van der Waals surface area contributed by atoms with E-state index >= 15 is 0 Å². The molecule has 2 atom stereocenters. The van der Waals surface area contributed by atoms with Crippen molar-refractivity contribution in [3.63, 3.8) is 0 Å². The molecule has 2 aromatic rings. The van der Waals surface area contributed by atoms with Gasteiger partial charge in [0.2, 0.25) is 0 Å². The van der Waals surface area contributed by atoms with E-state index in [1.54, 1.807) is 6.92 Å². The number of amides is 1. The van der Waals surface area contributed by atoms with E-state index in [1.807, 2.05) is 43.3 Å². The molecule has 0 saturated heterocycles. The average molecular weight is 353 g/mol. The zero-order valence-corrected chi connectivity index (χ0v) is 15.5. The normalized spacial score (nSPS) is 15.5. The molecule has 138 valence electrons. The van der Waals surface area contributed by atoms with Gasteiger partial charge in [-0.25, -0.2) is 0 Å². The first-order valence-electron chi connectivity index (χ1n) is 9.38. The summed E-state index contributed by atoms with van der Waals surface area (Å²) in [4.78, 5) is 12.4. The molecule has 0 unspecified atom stereocenters. The number of ether oxygens (including phenoxy) is 2. The van der Waals surface area contributed by atoms with Crippen LogP contribution in [-0.4, -0.2) is 24.7 Å². The molecule has 0 fully saturated rings. The zero-order valence-electron chi connectivity index (χ0n) is 15.5. The Morgan fingerprint density at radius 3 is 2.50 bits per heavy atom. The molecular weight excluding hydrogens is 326 g/mol. The van der Waals surface area contributed by atoms with Crippen LogP contribution in [0.2, 0.25) is 0 Å². The fourth-order valence-corrected chi connectivity index (χ4v) is 3.18. The van der Waals surface area contributed by atoms with Crippen molar-refractivity contribution >= 4 is 5.91 Å². The largest absolute Gasteiger partial charge is 0.491 e. The van der Waals surface area contributed by atoms with Crippen LogP contribution in [0.15, 0.2) is 48.5 Å². The molecule has 2 aromatic carbocycles. The Labute approximate surface area is 155 Å². The number of carbonyl (C=O) groups excluding carboxylic acids is 1. The second kappa shape index (κ2) is 8.75. The molecule has 1 N–H and O–H groups in total. The molecule has 1 aliphatic carbocycles. The van der Waals surface area contributed by atoms with Gasteiger partial charge >= 0.3 is 0 Å². The third-order valence-electron chi connectivity index (χ3n) is 4.63. The molecule has 4 nitrogen and oxygen atoms in total. The van der Waals surface area contributed by atoms with Gasteiger partial charge in [0.1, 0.15) is 18.1 Å². The van der Waals surface area contributed by atoms with Gasteiger partial charge in [0.05, 0.1) is 6.04 Å². The minimum Gasteiger partial charge on any atom is -0.491 e. The number of para-hydroxylation sites is 1. The van der Waals surface area contributed by atoms with Crippen molar-refractivity contribution in [1.29, 1.82) is 0 Å².